The maximum absolute atomic E-state index is 5.88. The molecule has 0 spiro atoms. The molecule has 1 aliphatic heterocycles. The molecule has 0 saturated carbocycles. The van der Waals surface area contributed by atoms with Crippen LogP contribution in [-0.2, 0) is 4.74 Å². The van der Waals surface area contributed by atoms with Crippen LogP contribution in [0, 0.1) is 13.8 Å². The van der Waals surface area contributed by atoms with Gasteiger partial charge in [-0.25, -0.2) is 10.4 Å². The van der Waals surface area contributed by atoms with Gasteiger partial charge in [-0.3, -0.25) is 0 Å². The minimum atomic E-state index is 0.220. The van der Waals surface area contributed by atoms with E-state index in [1.54, 1.807) is 0 Å². The monoisotopic (exact) mass is 255 g/mol. The first kappa shape index (κ1) is 13.0. The van der Waals surface area contributed by atoms with Crippen LogP contribution in [0.2, 0.25) is 0 Å². The lowest BCUT2D eigenvalue weighted by Gasteiger charge is -2.31. The summed E-state index contributed by atoms with van der Waals surface area (Å²) in [5, 5.41) is 2.22. The molecule has 0 radical (unpaired) electrons. The molecular weight excluding hydrogens is 234 g/mol. The first-order valence-electron chi connectivity index (χ1n) is 6.06. The van der Waals surface area contributed by atoms with Crippen LogP contribution in [0.15, 0.2) is 6.07 Å². The highest BCUT2D eigenvalue weighted by atomic mass is 32.1. The zero-order chi connectivity index (χ0) is 12.3. The van der Waals surface area contributed by atoms with Crippen LogP contribution < -0.4 is 11.2 Å². The Bertz CT molecular complexity index is 361. The van der Waals surface area contributed by atoms with Crippen molar-refractivity contribution in [2.75, 3.05) is 32.8 Å². The van der Waals surface area contributed by atoms with E-state index in [1.165, 1.54) is 15.3 Å². The van der Waals surface area contributed by atoms with Gasteiger partial charge in [-0.15, -0.1) is 11.3 Å². The largest absolute Gasteiger partial charge is 0.379 e. The van der Waals surface area contributed by atoms with Gasteiger partial charge >= 0.3 is 0 Å². The number of hydrogen-bond acceptors (Lipinski definition) is 5. The normalized spacial score (nSPS) is 19.5. The number of nitrogens with zero attached hydrogens (tertiary/aromatic N) is 1. The number of aryl methyl sites for hydroxylation is 2. The summed E-state index contributed by atoms with van der Waals surface area (Å²) >= 11 is 1.84. The Labute approximate surface area is 107 Å². The predicted octanol–water partition coefficient (Wildman–Crippen LogP) is 1.20. The molecule has 1 fully saturated rings. The molecule has 0 bridgehead atoms. The number of thiophene rings is 1. The zero-order valence-electron chi connectivity index (χ0n) is 10.5. The van der Waals surface area contributed by atoms with Crippen molar-refractivity contribution in [2.24, 2.45) is 5.73 Å². The summed E-state index contributed by atoms with van der Waals surface area (Å²) in [5.74, 6) is 0. The maximum Gasteiger partial charge on any atom is 0.0608 e. The minimum absolute atomic E-state index is 0.220. The third kappa shape index (κ3) is 3.26. The Morgan fingerprint density at radius 1 is 1.47 bits per heavy atom. The van der Waals surface area contributed by atoms with Crippen LogP contribution >= 0.6 is 11.3 Å². The van der Waals surface area contributed by atoms with E-state index < -0.39 is 0 Å². The van der Waals surface area contributed by atoms with Crippen molar-refractivity contribution in [1.29, 1.82) is 0 Å². The Hall–Kier alpha value is -0.460. The van der Waals surface area contributed by atoms with Crippen LogP contribution in [0.5, 0.6) is 0 Å². The van der Waals surface area contributed by atoms with Crippen LogP contribution in [0.4, 0.5) is 0 Å². The van der Waals surface area contributed by atoms with Gasteiger partial charge in [-0.2, -0.15) is 0 Å². The number of nitrogens with two attached hydrogens (primary N) is 1. The predicted molar refractivity (Wildman–Crippen MR) is 71.1 cm³/mol. The summed E-state index contributed by atoms with van der Waals surface area (Å²) in [6.45, 7) is 8.38. The highest BCUT2D eigenvalue weighted by Gasteiger charge is 2.18. The molecule has 0 aromatic carbocycles. The third-order valence-electron chi connectivity index (χ3n) is 3.04. The van der Waals surface area contributed by atoms with E-state index in [4.69, 9.17) is 10.5 Å². The van der Waals surface area contributed by atoms with Crippen molar-refractivity contribution in [2.45, 2.75) is 19.9 Å². The fourth-order valence-corrected chi connectivity index (χ4v) is 3.15. The van der Waals surface area contributed by atoms with Crippen molar-refractivity contribution < 1.29 is 4.74 Å². The van der Waals surface area contributed by atoms with Gasteiger partial charge in [0.1, 0.15) is 0 Å². The van der Waals surface area contributed by atoms with Gasteiger partial charge in [-0.1, -0.05) is 0 Å². The molecule has 96 valence electrons. The molecule has 17 heavy (non-hydrogen) atoms. The summed E-state index contributed by atoms with van der Waals surface area (Å²) in [6.07, 6.45) is 0. The van der Waals surface area contributed by atoms with E-state index in [2.05, 4.69) is 30.3 Å². The molecule has 0 amide bonds. The maximum atomic E-state index is 5.88. The number of hydrazine groups is 1. The van der Waals surface area contributed by atoms with Gasteiger partial charge in [0.25, 0.3) is 0 Å². The van der Waals surface area contributed by atoms with Crippen molar-refractivity contribution in [3.63, 3.8) is 0 Å². The van der Waals surface area contributed by atoms with Gasteiger partial charge < -0.3 is 10.5 Å². The Morgan fingerprint density at radius 2 is 2.18 bits per heavy atom. The molecular formula is C12H21N3OS. The van der Waals surface area contributed by atoms with Crippen LogP contribution in [0.3, 0.4) is 0 Å². The molecule has 1 aromatic rings. The number of hydrogen-bond donors (Lipinski definition) is 2. The number of rotatable bonds is 4. The van der Waals surface area contributed by atoms with E-state index in [9.17, 15) is 0 Å². The first-order valence-corrected chi connectivity index (χ1v) is 6.88. The van der Waals surface area contributed by atoms with Crippen molar-refractivity contribution in [1.82, 2.24) is 10.4 Å². The average molecular weight is 255 g/mol. The summed E-state index contributed by atoms with van der Waals surface area (Å²) in [7, 11) is 0. The molecule has 4 nitrogen and oxygen atoms in total. The van der Waals surface area contributed by atoms with Gasteiger partial charge in [0.05, 0.1) is 19.3 Å². The average Bonchev–Trinajstić information content (AvgIpc) is 2.67. The second-order valence-electron chi connectivity index (χ2n) is 4.39. The molecule has 1 aromatic heterocycles. The van der Waals surface area contributed by atoms with E-state index in [1.807, 2.05) is 11.3 Å². The molecule has 1 saturated heterocycles. The van der Waals surface area contributed by atoms with E-state index in [-0.39, 0.29) is 6.04 Å². The molecule has 0 aliphatic carbocycles. The van der Waals surface area contributed by atoms with Gasteiger partial charge in [0.15, 0.2) is 0 Å². The van der Waals surface area contributed by atoms with Crippen molar-refractivity contribution >= 4 is 11.3 Å². The summed E-state index contributed by atoms with van der Waals surface area (Å²) in [5.41, 5.74) is 10.7. The smallest absolute Gasteiger partial charge is 0.0608 e. The highest BCUT2D eigenvalue weighted by Crippen LogP contribution is 2.26. The molecule has 2 rings (SSSR count). The fraction of sp³-hybridized carbons (Fsp3) is 0.667. The van der Waals surface area contributed by atoms with Crippen LogP contribution in [0.25, 0.3) is 0 Å². The van der Waals surface area contributed by atoms with Gasteiger partial charge in [-0.05, 0) is 25.5 Å². The lowest BCUT2D eigenvalue weighted by Crippen LogP contribution is -2.48. The Morgan fingerprint density at radius 3 is 2.71 bits per heavy atom. The lowest BCUT2D eigenvalue weighted by atomic mass is 10.1. The minimum Gasteiger partial charge on any atom is -0.379 e. The number of nitrogens with one attached hydrogen (secondary N) is 1. The van der Waals surface area contributed by atoms with E-state index >= 15 is 0 Å². The molecule has 5 heteroatoms. The molecule has 2 heterocycles. The molecule has 1 unspecified atom stereocenters. The molecule has 3 N–H and O–H groups in total. The topological polar surface area (TPSA) is 50.5 Å². The highest BCUT2D eigenvalue weighted by molar-refractivity contribution is 7.12. The SMILES string of the molecule is Cc1cc(C(CN)NN2CCOCC2)c(C)s1. The zero-order valence-corrected chi connectivity index (χ0v) is 11.3. The third-order valence-corrected chi connectivity index (χ3v) is 4.02. The molecule has 1 atom stereocenters. The van der Waals surface area contributed by atoms with Crippen molar-refractivity contribution in [3.05, 3.63) is 21.4 Å². The van der Waals surface area contributed by atoms with Crippen LogP contribution in [0.1, 0.15) is 21.4 Å². The number of morpholine rings is 1. The summed E-state index contributed by atoms with van der Waals surface area (Å²) in [4.78, 5) is 2.71. The first-order chi connectivity index (χ1) is 8.20. The van der Waals surface area contributed by atoms with Crippen molar-refractivity contribution in [3.8, 4) is 0 Å². The van der Waals surface area contributed by atoms with E-state index in [0.29, 0.717) is 6.54 Å². The van der Waals surface area contributed by atoms with Gasteiger partial charge in [0, 0.05) is 29.4 Å². The second kappa shape index (κ2) is 5.93. The van der Waals surface area contributed by atoms with Gasteiger partial charge in [0.2, 0.25) is 0 Å². The summed E-state index contributed by atoms with van der Waals surface area (Å²) < 4.78 is 5.34. The molecule has 1 aliphatic rings. The number of ether oxygens (including phenoxy) is 1. The Kier molecular flexibility index (Phi) is 4.53. The van der Waals surface area contributed by atoms with E-state index in [0.717, 1.165) is 26.3 Å². The lowest BCUT2D eigenvalue weighted by molar-refractivity contribution is 0.00404. The second-order valence-corrected chi connectivity index (χ2v) is 5.85. The van der Waals surface area contributed by atoms with Crippen LogP contribution in [-0.4, -0.2) is 37.9 Å². The standard InChI is InChI=1S/C12H21N3OS/c1-9-7-11(10(2)17-9)12(8-13)14-15-3-5-16-6-4-15/h7,12,14H,3-6,8,13H2,1-2H3. The quantitative estimate of drug-likeness (QED) is 0.849. The Balaban J connectivity index is 2.02. The summed E-state index contributed by atoms with van der Waals surface area (Å²) in [6, 6.07) is 2.46. The fourth-order valence-electron chi connectivity index (χ4n) is 2.16.